The van der Waals surface area contributed by atoms with Crippen LogP contribution in [-0.4, -0.2) is 45.0 Å². The minimum absolute atomic E-state index is 0.131. The summed E-state index contributed by atoms with van der Waals surface area (Å²) in [6, 6.07) is 9.95. The Morgan fingerprint density at radius 3 is 2.48 bits per heavy atom. The standard InChI is InChI=1S/C21H26N2O2S2/c1-4-25-18-9-7-17(8-10-18)23-15(2)13-19(16(23)3)20(24)14-27-21(26)22-11-5-6-12-22/h7-10,13H,4-6,11-12,14H2,1-3H3. The van der Waals surface area contributed by atoms with Crippen molar-refractivity contribution in [3.8, 4) is 11.4 Å². The van der Waals surface area contributed by atoms with Gasteiger partial charge in [-0.3, -0.25) is 4.79 Å². The van der Waals surface area contributed by atoms with Crippen molar-refractivity contribution >= 4 is 34.1 Å². The molecule has 3 rings (SSSR count). The van der Waals surface area contributed by atoms with E-state index in [4.69, 9.17) is 17.0 Å². The van der Waals surface area contributed by atoms with Gasteiger partial charge in [-0.05, 0) is 63.9 Å². The minimum atomic E-state index is 0.131. The summed E-state index contributed by atoms with van der Waals surface area (Å²) in [5.74, 6) is 1.38. The van der Waals surface area contributed by atoms with Gasteiger partial charge in [0, 0.05) is 35.7 Å². The van der Waals surface area contributed by atoms with E-state index in [9.17, 15) is 4.79 Å². The summed E-state index contributed by atoms with van der Waals surface area (Å²) in [4.78, 5) is 15.0. The van der Waals surface area contributed by atoms with Crippen LogP contribution < -0.4 is 4.74 Å². The number of aromatic nitrogens is 1. The van der Waals surface area contributed by atoms with Gasteiger partial charge in [0.2, 0.25) is 0 Å². The van der Waals surface area contributed by atoms with Gasteiger partial charge < -0.3 is 14.2 Å². The first kappa shape index (κ1) is 20.0. The summed E-state index contributed by atoms with van der Waals surface area (Å²) in [5, 5.41) is 0. The number of benzene rings is 1. The van der Waals surface area contributed by atoms with E-state index in [0.29, 0.717) is 12.4 Å². The Labute approximate surface area is 170 Å². The number of hydrogen-bond donors (Lipinski definition) is 0. The predicted molar refractivity (Wildman–Crippen MR) is 117 cm³/mol. The number of ether oxygens (including phenoxy) is 1. The third-order valence-electron chi connectivity index (χ3n) is 4.83. The molecule has 1 aromatic heterocycles. The minimum Gasteiger partial charge on any atom is -0.494 e. The molecule has 27 heavy (non-hydrogen) atoms. The molecule has 1 fully saturated rings. The van der Waals surface area contributed by atoms with Gasteiger partial charge in [-0.25, -0.2) is 0 Å². The Hall–Kier alpha value is -1.79. The van der Waals surface area contributed by atoms with Crippen LogP contribution in [0, 0.1) is 13.8 Å². The summed E-state index contributed by atoms with van der Waals surface area (Å²) >= 11 is 6.96. The molecule has 2 aromatic rings. The lowest BCUT2D eigenvalue weighted by molar-refractivity contribution is 0.102. The number of thioether (sulfide) groups is 1. The van der Waals surface area contributed by atoms with Crippen molar-refractivity contribution in [2.75, 3.05) is 25.4 Å². The Morgan fingerprint density at radius 1 is 1.19 bits per heavy atom. The Bertz CT molecular complexity index is 821. The van der Waals surface area contributed by atoms with Gasteiger partial charge >= 0.3 is 0 Å². The first-order valence-electron chi connectivity index (χ1n) is 9.38. The van der Waals surface area contributed by atoms with Gasteiger partial charge in [-0.2, -0.15) is 0 Å². The van der Waals surface area contributed by atoms with Crippen LogP contribution in [-0.2, 0) is 0 Å². The summed E-state index contributed by atoms with van der Waals surface area (Å²) in [6.07, 6.45) is 2.38. The lowest BCUT2D eigenvalue weighted by Crippen LogP contribution is -2.24. The van der Waals surface area contributed by atoms with Crippen molar-refractivity contribution in [3.05, 3.63) is 47.3 Å². The molecule has 0 radical (unpaired) electrons. The van der Waals surface area contributed by atoms with E-state index < -0.39 is 0 Å². The van der Waals surface area contributed by atoms with Crippen LogP contribution >= 0.6 is 24.0 Å². The third-order valence-corrected chi connectivity index (χ3v) is 6.35. The second-order valence-corrected chi connectivity index (χ2v) is 8.33. The molecule has 4 nitrogen and oxygen atoms in total. The average Bonchev–Trinajstić information content (AvgIpc) is 3.29. The van der Waals surface area contributed by atoms with E-state index in [1.54, 1.807) is 0 Å². The maximum absolute atomic E-state index is 12.8. The molecule has 2 heterocycles. The number of ketones is 1. The van der Waals surface area contributed by atoms with Crippen LogP contribution in [0.3, 0.4) is 0 Å². The van der Waals surface area contributed by atoms with E-state index >= 15 is 0 Å². The van der Waals surface area contributed by atoms with E-state index in [1.807, 2.05) is 51.1 Å². The molecular weight excluding hydrogens is 376 g/mol. The molecule has 0 bridgehead atoms. The molecule has 0 unspecified atom stereocenters. The molecule has 0 spiro atoms. The lowest BCUT2D eigenvalue weighted by Gasteiger charge is -2.17. The van der Waals surface area contributed by atoms with Gasteiger partial charge in [0.25, 0.3) is 0 Å². The maximum Gasteiger partial charge on any atom is 0.174 e. The highest BCUT2D eigenvalue weighted by molar-refractivity contribution is 8.23. The summed E-state index contributed by atoms with van der Waals surface area (Å²) in [6.45, 7) is 8.69. The van der Waals surface area contributed by atoms with Crippen molar-refractivity contribution in [1.29, 1.82) is 0 Å². The normalized spacial score (nSPS) is 13.8. The molecule has 6 heteroatoms. The number of rotatable bonds is 6. The molecule has 1 aliphatic heterocycles. The first-order valence-corrected chi connectivity index (χ1v) is 10.8. The van der Waals surface area contributed by atoms with Crippen LogP contribution in [0.25, 0.3) is 5.69 Å². The van der Waals surface area contributed by atoms with E-state index in [0.717, 1.165) is 45.8 Å². The molecule has 0 N–H and O–H groups in total. The van der Waals surface area contributed by atoms with Crippen molar-refractivity contribution in [1.82, 2.24) is 9.47 Å². The highest BCUT2D eigenvalue weighted by Crippen LogP contribution is 2.25. The number of carbonyl (C=O) groups is 1. The highest BCUT2D eigenvalue weighted by Gasteiger charge is 2.20. The van der Waals surface area contributed by atoms with Crippen molar-refractivity contribution < 1.29 is 9.53 Å². The van der Waals surface area contributed by atoms with Crippen molar-refractivity contribution in [2.45, 2.75) is 33.6 Å². The zero-order chi connectivity index (χ0) is 19.4. The smallest absolute Gasteiger partial charge is 0.174 e. The van der Waals surface area contributed by atoms with Gasteiger partial charge in [-0.15, -0.1) is 0 Å². The van der Waals surface area contributed by atoms with Crippen LogP contribution in [0.15, 0.2) is 30.3 Å². The largest absolute Gasteiger partial charge is 0.494 e. The second-order valence-electron chi connectivity index (χ2n) is 6.72. The monoisotopic (exact) mass is 402 g/mol. The first-order chi connectivity index (χ1) is 13.0. The fourth-order valence-corrected chi connectivity index (χ4v) is 4.63. The van der Waals surface area contributed by atoms with E-state index in [2.05, 4.69) is 9.47 Å². The highest BCUT2D eigenvalue weighted by atomic mass is 32.2. The lowest BCUT2D eigenvalue weighted by atomic mass is 10.2. The number of nitrogens with zero attached hydrogens (tertiary/aromatic N) is 2. The predicted octanol–water partition coefficient (Wildman–Crippen LogP) is 4.79. The number of aryl methyl sites for hydroxylation is 1. The summed E-state index contributed by atoms with van der Waals surface area (Å²) in [7, 11) is 0. The fourth-order valence-electron chi connectivity index (χ4n) is 3.50. The van der Waals surface area contributed by atoms with E-state index in [-0.39, 0.29) is 5.78 Å². The van der Waals surface area contributed by atoms with Crippen molar-refractivity contribution in [3.63, 3.8) is 0 Å². The summed E-state index contributed by atoms with van der Waals surface area (Å²) in [5.41, 5.74) is 3.83. The van der Waals surface area contributed by atoms with Gasteiger partial charge in [0.1, 0.15) is 10.1 Å². The summed E-state index contributed by atoms with van der Waals surface area (Å²) < 4.78 is 8.48. The molecule has 0 atom stereocenters. The average molecular weight is 403 g/mol. The molecular formula is C21H26N2O2S2. The Morgan fingerprint density at radius 2 is 1.85 bits per heavy atom. The van der Waals surface area contributed by atoms with Gasteiger partial charge in [0.05, 0.1) is 12.4 Å². The molecule has 0 saturated carbocycles. The maximum atomic E-state index is 12.8. The quantitative estimate of drug-likeness (QED) is 0.513. The number of carbonyl (C=O) groups excluding carboxylic acids is 1. The molecule has 0 aliphatic carbocycles. The number of Topliss-reactive ketones (excluding diaryl/α,β-unsaturated/α-hetero) is 1. The number of likely N-dealkylation sites (tertiary alicyclic amines) is 1. The molecule has 0 amide bonds. The SMILES string of the molecule is CCOc1ccc(-n2c(C)cc(C(=O)CSC(=S)N3CCCC3)c2C)cc1. The molecule has 1 saturated heterocycles. The second kappa shape index (κ2) is 8.93. The third kappa shape index (κ3) is 4.55. The van der Waals surface area contributed by atoms with Gasteiger partial charge in [0.15, 0.2) is 5.78 Å². The van der Waals surface area contributed by atoms with Crippen LogP contribution in [0.4, 0.5) is 0 Å². The topological polar surface area (TPSA) is 34.5 Å². The van der Waals surface area contributed by atoms with Crippen LogP contribution in [0.1, 0.15) is 41.5 Å². The number of thiocarbonyl (C=S) groups is 1. The van der Waals surface area contributed by atoms with E-state index in [1.165, 1.54) is 24.6 Å². The van der Waals surface area contributed by atoms with Crippen molar-refractivity contribution in [2.24, 2.45) is 0 Å². The zero-order valence-electron chi connectivity index (χ0n) is 16.2. The molecule has 1 aromatic carbocycles. The fraction of sp³-hybridized carbons (Fsp3) is 0.429. The molecule has 1 aliphatic rings. The number of hydrogen-bond acceptors (Lipinski definition) is 4. The zero-order valence-corrected chi connectivity index (χ0v) is 17.8. The molecule has 144 valence electrons. The van der Waals surface area contributed by atoms with Gasteiger partial charge in [-0.1, -0.05) is 24.0 Å². The van der Waals surface area contributed by atoms with Crippen LogP contribution in [0.5, 0.6) is 5.75 Å². The van der Waals surface area contributed by atoms with Crippen LogP contribution in [0.2, 0.25) is 0 Å². The Kier molecular flexibility index (Phi) is 6.60. The Balaban J connectivity index is 1.72.